The van der Waals surface area contributed by atoms with Gasteiger partial charge in [0.25, 0.3) is 5.91 Å². The fraction of sp³-hybridized carbons (Fsp3) is 0.400. The molecule has 2 fully saturated rings. The van der Waals surface area contributed by atoms with Gasteiger partial charge in [0.2, 0.25) is 5.56 Å². The summed E-state index contributed by atoms with van der Waals surface area (Å²) >= 11 is 0. The molecule has 0 radical (unpaired) electrons. The van der Waals surface area contributed by atoms with Crippen LogP contribution >= 0.6 is 24.8 Å². The van der Waals surface area contributed by atoms with Crippen molar-refractivity contribution in [2.45, 2.75) is 13.0 Å². The lowest BCUT2D eigenvalue weighted by molar-refractivity contribution is 0.0767. The molecule has 5 nitrogen and oxygen atoms in total. The molecule has 146 valence electrons. The van der Waals surface area contributed by atoms with Gasteiger partial charge in [0.15, 0.2) is 0 Å². The van der Waals surface area contributed by atoms with Gasteiger partial charge in [-0.3, -0.25) is 14.5 Å². The predicted octanol–water partition coefficient (Wildman–Crippen LogP) is 2.90. The molecule has 0 bridgehead atoms. The van der Waals surface area contributed by atoms with Crippen LogP contribution in [0, 0.1) is 18.8 Å². The van der Waals surface area contributed by atoms with Crippen LogP contribution in [0.1, 0.15) is 27.5 Å². The van der Waals surface area contributed by atoms with Crippen LogP contribution in [0.25, 0.3) is 0 Å². The summed E-state index contributed by atoms with van der Waals surface area (Å²) in [5, 5.41) is 0. The molecule has 0 aliphatic carbocycles. The number of H-pyrrole nitrogens is 1. The van der Waals surface area contributed by atoms with Gasteiger partial charge < -0.3 is 9.88 Å². The third-order valence-electron chi connectivity index (χ3n) is 5.72. The van der Waals surface area contributed by atoms with Crippen molar-refractivity contribution in [2.75, 3.05) is 26.7 Å². The number of nitrogens with zero attached hydrogens (tertiary/aromatic N) is 2. The quantitative estimate of drug-likeness (QED) is 0.829. The first-order valence-electron chi connectivity index (χ1n) is 8.78. The molecule has 1 aromatic heterocycles. The lowest BCUT2D eigenvalue weighted by atomic mass is 9.88. The molecule has 27 heavy (non-hydrogen) atoms. The van der Waals surface area contributed by atoms with E-state index in [1.807, 2.05) is 4.90 Å². The number of nitrogens with one attached hydrogen (secondary N) is 1. The Morgan fingerprint density at radius 1 is 1.07 bits per heavy atom. The summed E-state index contributed by atoms with van der Waals surface area (Å²) in [6, 6.07) is 11.9. The Morgan fingerprint density at radius 2 is 1.81 bits per heavy atom. The van der Waals surface area contributed by atoms with E-state index in [4.69, 9.17) is 0 Å². The highest BCUT2D eigenvalue weighted by molar-refractivity contribution is 5.94. The molecule has 2 aliphatic rings. The van der Waals surface area contributed by atoms with E-state index in [-0.39, 0.29) is 36.3 Å². The third-order valence-corrected chi connectivity index (χ3v) is 5.72. The molecule has 4 rings (SSSR count). The SMILES string of the molecule is Cc1ccccc1[C@@H]1[C@@H]2CN(C(=O)c3ccc(=O)[nH]c3)C[C@@H]2CN1C.Cl.Cl. The highest BCUT2D eigenvalue weighted by Gasteiger charge is 2.47. The highest BCUT2D eigenvalue weighted by atomic mass is 35.5. The number of likely N-dealkylation sites (tertiary alicyclic amines) is 2. The zero-order chi connectivity index (χ0) is 17.6. The summed E-state index contributed by atoms with van der Waals surface area (Å²) in [6.45, 7) is 4.73. The number of carbonyl (C=O) groups excluding carboxylic acids is 1. The number of aromatic nitrogens is 1. The number of amides is 1. The maximum atomic E-state index is 12.8. The Morgan fingerprint density at radius 3 is 2.48 bits per heavy atom. The van der Waals surface area contributed by atoms with Crippen LogP contribution in [0.2, 0.25) is 0 Å². The lowest BCUT2D eigenvalue weighted by Crippen LogP contribution is -2.33. The fourth-order valence-electron chi connectivity index (χ4n) is 4.54. The van der Waals surface area contributed by atoms with Crippen molar-refractivity contribution in [3.63, 3.8) is 0 Å². The van der Waals surface area contributed by atoms with Gasteiger partial charge in [-0.15, -0.1) is 24.8 Å². The second-order valence-electron chi connectivity index (χ2n) is 7.32. The molecule has 3 heterocycles. The number of aryl methyl sites for hydroxylation is 1. The molecule has 0 spiro atoms. The molecule has 1 amide bonds. The van der Waals surface area contributed by atoms with Gasteiger partial charge >= 0.3 is 0 Å². The number of carbonyl (C=O) groups is 1. The third kappa shape index (κ3) is 3.91. The van der Waals surface area contributed by atoms with Crippen molar-refractivity contribution >= 4 is 30.7 Å². The van der Waals surface area contributed by atoms with Gasteiger partial charge in [0, 0.05) is 43.9 Å². The van der Waals surface area contributed by atoms with Gasteiger partial charge in [-0.05, 0) is 37.1 Å². The molecule has 0 unspecified atom stereocenters. The van der Waals surface area contributed by atoms with Gasteiger partial charge in [-0.25, -0.2) is 0 Å². The first kappa shape index (κ1) is 21.5. The first-order valence-corrected chi connectivity index (χ1v) is 8.78. The Balaban J connectivity index is 0.00000131. The van der Waals surface area contributed by atoms with E-state index < -0.39 is 0 Å². The summed E-state index contributed by atoms with van der Waals surface area (Å²) in [7, 11) is 2.18. The van der Waals surface area contributed by atoms with Crippen LogP contribution < -0.4 is 5.56 Å². The predicted molar refractivity (Wildman–Crippen MR) is 111 cm³/mol. The van der Waals surface area contributed by atoms with Crippen molar-refractivity contribution in [3.05, 3.63) is 69.6 Å². The van der Waals surface area contributed by atoms with Crippen molar-refractivity contribution in [1.82, 2.24) is 14.8 Å². The molecule has 2 aromatic rings. The Bertz CT molecular complexity index is 850. The summed E-state index contributed by atoms with van der Waals surface area (Å²) in [6.07, 6.45) is 1.52. The smallest absolute Gasteiger partial charge is 0.255 e. The number of hydrogen-bond acceptors (Lipinski definition) is 3. The fourth-order valence-corrected chi connectivity index (χ4v) is 4.54. The maximum Gasteiger partial charge on any atom is 0.255 e. The molecule has 0 saturated carbocycles. The van der Waals surface area contributed by atoms with E-state index in [9.17, 15) is 9.59 Å². The zero-order valence-corrected chi connectivity index (χ0v) is 17.1. The Labute approximate surface area is 171 Å². The number of halogens is 2. The number of hydrogen-bond donors (Lipinski definition) is 1. The first-order chi connectivity index (χ1) is 12.0. The monoisotopic (exact) mass is 409 g/mol. The van der Waals surface area contributed by atoms with Crippen LogP contribution in [0.3, 0.4) is 0 Å². The highest BCUT2D eigenvalue weighted by Crippen LogP contribution is 2.45. The molecule has 1 aromatic carbocycles. The standard InChI is InChI=1S/C20H23N3O2.2ClH/c1-13-5-3-4-6-16(13)19-17-12-23(11-15(17)10-22(19)2)20(25)14-7-8-18(24)21-9-14;;/h3-9,15,17,19H,10-12H2,1-2H3,(H,21,24);2*1H/t15-,17+,19+;;/m0../s1. The second kappa shape index (κ2) is 8.46. The van der Waals surface area contributed by atoms with Crippen molar-refractivity contribution in [3.8, 4) is 0 Å². The van der Waals surface area contributed by atoms with Gasteiger partial charge in [0.05, 0.1) is 5.56 Å². The van der Waals surface area contributed by atoms with Gasteiger partial charge in [-0.2, -0.15) is 0 Å². The number of rotatable bonds is 2. The minimum absolute atomic E-state index is 0. The van der Waals surface area contributed by atoms with Crippen molar-refractivity contribution in [2.24, 2.45) is 11.8 Å². The Hall–Kier alpha value is -1.82. The summed E-state index contributed by atoms with van der Waals surface area (Å²) in [4.78, 5) is 30.9. The van der Waals surface area contributed by atoms with E-state index in [1.165, 1.54) is 23.4 Å². The second-order valence-corrected chi connectivity index (χ2v) is 7.32. The molecule has 7 heteroatoms. The van der Waals surface area contributed by atoms with Crippen LogP contribution in [0.4, 0.5) is 0 Å². The number of pyridine rings is 1. The molecular weight excluding hydrogens is 385 g/mol. The van der Waals surface area contributed by atoms with E-state index in [0.29, 0.717) is 23.4 Å². The van der Waals surface area contributed by atoms with Crippen molar-refractivity contribution in [1.29, 1.82) is 0 Å². The average molecular weight is 410 g/mol. The summed E-state index contributed by atoms with van der Waals surface area (Å²) in [5.74, 6) is 0.968. The maximum absolute atomic E-state index is 12.8. The largest absolute Gasteiger partial charge is 0.338 e. The summed E-state index contributed by atoms with van der Waals surface area (Å²) in [5.41, 5.74) is 3.05. The minimum atomic E-state index is -0.184. The summed E-state index contributed by atoms with van der Waals surface area (Å²) < 4.78 is 0. The van der Waals surface area contributed by atoms with E-state index >= 15 is 0 Å². The number of benzene rings is 1. The van der Waals surface area contributed by atoms with Crippen LogP contribution in [0.5, 0.6) is 0 Å². The lowest BCUT2D eigenvalue weighted by Gasteiger charge is -2.28. The topological polar surface area (TPSA) is 56.4 Å². The Kier molecular flexibility index (Phi) is 6.73. The van der Waals surface area contributed by atoms with E-state index in [0.717, 1.165) is 19.6 Å². The van der Waals surface area contributed by atoms with Crippen LogP contribution in [-0.2, 0) is 0 Å². The average Bonchev–Trinajstić information content (AvgIpc) is 3.12. The van der Waals surface area contributed by atoms with Crippen molar-refractivity contribution < 1.29 is 4.79 Å². The number of fused-ring (bicyclic) bond motifs is 1. The van der Waals surface area contributed by atoms with Crippen LogP contribution in [0.15, 0.2) is 47.4 Å². The number of aromatic amines is 1. The molecule has 1 N–H and O–H groups in total. The van der Waals surface area contributed by atoms with Gasteiger partial charge in [0.1, 0.15) is 0 Å². The van der Waals surface area contributed by atoms with E-state index in [2.05, 4.69) is 48.1 Å². The molecule has 2 saturated heterocycles. The molecule has 2 aliphatic heterocycles. The van der Waals surface area contributed by atoms with Gasteiger partial charge in [-0.1, -0.05) is 24.3 Å². The minimum Gasteiger partial charge on any atom is -0.338 e. The van der Waals surface area contributed by atoms with Crippen LogP contribution in [-0.4, -0.2) is 47.4 Å². The van der Waals surface area contributed by atoms with E-state index in [1.54, 1.807) is 6.07 Å². The zero-order valence-electron chi connectivity index (χ0n) is 15.4. The molecule has 3 atom stereocenters. The molecular formula is C20H25Cl2N3O2. The normalized spacial score (nSPS) is 24.1.